The second kappa shape index (κ2) is 8.59. The molecule has 1 atom stereocenters. The summed E-state index contributed by atoms with van der Waals surface area (Å²) in [4.78, 5) is 4.35. The molecule has 0 spiro atoms. The number of aromatic nitrogens is 2. The van der Waals surface area contributed by atoms with Gasteiger partial charge in [-0.25, -0.2) is 4.98 Å². The van der Waals surface area contributed by atoms with E-state index in [4.69, 9.17) is 0 Å². The highest BCUT2D eigenvalue weighted by molar-refractivity contribution is 7.98. The molecule has 1 N–H and O–H groups in total. The molecular weight excluding hydrogens is 230 g/mol. The number of thioether (sulfide) groups is 1. The van der Waals surface area contributed by atoms with Crippen molar-refractivity contribution in [1.82, 2.24) is 14.9 Å². The molecular formula is C13H25N3S. The molecule has 0 saturated carbocycles. The van der Waals surface area contributed by atoms with Gasteiger partial charge in [0, 0.05) is 19.4 Å². The summed E-state index contributed by atoms with van der Waals surface area (Å²) in [5.74, 6) is 2.42. The van der Waals surface area contributed by atoms with Crippen molar-refractivity contribution in [1.29, 1.82) is 0 Å². The quantitative estimate of drug-likeness (QED) is 0.688. The third-order valence-electron chi connectivity index (χ3n) is 2.97. The van der Waals surface area contributed by atoms with Crippen LogP contribution in [0.2, 0.25) is 0 Å². The van der Waals surface area contributed by atoms with Gasteiger partial charge in [0.05, 0.1) is 6.04 Å². The molecule has 0 bridgehead atoms. The number of hydrogen-bond donors (Lipinski definition) is 1. The lowest BCUT2D eigenvalue weighted by Crippen LogP contribution is -2.22. The van der Waals surface area contributed by atoms with Crippen molar-refractivity contribution < 1.29 is 0 Å². The zero-order chi connectivity index (χ0) is 12.5. The number of aryl methyl sites for hydroxylation is 1. The average Bonchev–Trinajstić information content (AvgIpc) is 2.74. The van der Waals surface area contributed by atoms with Crippen LogP contribution in [-0.4, -0.2) is 28.1 Å². The minimum absolute atomic E-state index is 0.348. The first-order chi connectivity index (χ1) is 8.25. The fourth-order valence-electron chi connectivity index (χ4n) is 1.93. The Hall–Kier alpha value is -0.480. The molecule has 98 valence electrons. The molecule has 1 unspecified atom stereocenters. The van der Waals surface area contributed by atoms with Crippen molar-refractivity contribution >= 4 is 11.8 Å². The van der Waals surface area contributed by atoms with Crippen molar-refractivity contribution in [3.05, 3.63) is 18.2 Å². The molecule has 0 radical (unpaired) electrons. The number of nitrogens with one attached hydrogen (secondary N) is 1. The number of hydrogen-bond acceptors (Lipinski definition) is 3. The van der Waals surface area contributed by atoms with Crippen LogP contribution in [0.25, 0.3) is 0 Å². The van der Waals surface area contributed by atoms with E-state index in [-0.39, 0.29) is 0 Å². The van der Waals surface area contributed by atoms with Crippen molar-refractivity contribution in [3.63, 3.8) is 0 Å². The fraction of sp³-hybridized carbons (Fsp3) is 0.769. The summed E-state index contributed by atoms with van der Waals surface area (Å²) in [6, 6.07) is 0.348. The van der Waals surface area contributed by atoms with Gasteiger partial charge in [-0.05, 0) is 38.3 Å². The van der Waals surface area contributed by atoms with E-state index in [0.717, 1.165) is 12.4 Å². The Kier molecular flexibility index (Phi) is 7.37. The largest absolute Gasteiger partial charge is 0.337 e. The monoisotopic (exact) mass is 255 g/mol. The molecule has 1 aromatic rings. The van der Waals surface area contributed by atoms with Gasteiger partial charge in [0.25, 0.3) is 0 Å². The van der Waals surface area contributed by atoms with Crippen molar-refractivity contribution in [2.75, 3.05) is 18.6 Å². The zero-order valence-corrected chi connectivity index (χ0v) is 12.1. The lowest BCUT2D eigenvalue weighted by Gasteiger charge is -2.13. The summed E-state index contributed by atoms with van der Waals surface area (Å²) < 4.78 is 2.08. The van der Waals surface area contributed by atoms with Crippen LogP contribution >= 0.6 is 11.8 Å². The van der Waals surface area contributed by atoms with E-state index in [1.165, 1.54) is 31.4 Å². The highest BCUT2D eigenvalue weighted by Gasteiger charge is 2.08. The second-order valence-electron chi connectivity index (χ2n) is 4.48. The summed E-state index contributed by atoms with van der Waals surface area (Å²) in [5.41, 5.74) is 0. The molecule has 0 saturated heterocycles. The van der Waals surface area contributed by atoms with Gasteiger partial charge >= 0.3 is 0 Å². The van der Waals surface area contributed by atoms with Gasteiger partial charge < -0.3 is 9.88 Å². The van der Waals surface area contributed by atoms with Gasteiger partial charge in [-0.3, -0.25) is 0 Å². The van der Waals surface area contributed by atoms with Gasteiger partial charge in [-0.1, -0.05) is 12.8 Å². The molecule has 1 heterocycles. The van der Waals surface area contributed by atoms with Crippen LogP contribution in [0.5, 0.6) is 0 Å². The van der Waals surface area contributed by atoms with Crippen LogP contribution in [0.15, 0.2) is 12.4 Å². The van der Waals surface area contributed by atoms with Crippen LogP contribution < -0.4 is 5.32 Å². The Bertz CT molecular complexity index is 299. The molecule has 0 amide bonds. The Morgan fingerprint density at radius 1 is 1.35 bits per heavy atom. The summed E-state index contributed by atoms with van der Waals surface area (Å²) in [5, 5.41) is 3.53. The number of imidazole rings is 1. The summed E-state index contributed by atoms with van der Waals surface area (Å²) >= 11 is 1.94. The smallest absolute Gasteiger partial charge is 0.125 e. The molecule has 1 aromatic heterocycles. The number of nitrogens with zero attached hydrogens (tertiary/aromatic N) is 2. The standard InChI is InChI=1S/C13H25N3S/c1-12(13-15-9-10-16(13)2)14-8-6-4-5-7-11-17-3/h9-10,12,14H,4-8,11H2,1-3H3. The SMILES string of the molecule is CSCCCCCCNC(C)c1nccn1C. The predicted octanol–water partition coefficient (Wildman–Crippen LogP) is 2.99. The molecule has 17 heavy (non-hydrogen) atoms. The van der Waals surface area contributed by atoms with Crippen LogP contribution in [-0.2, 0) is 7.05 Å². The lowest BCUT2D eigenvalue weighted by molar-refractivity contribution is 0.507. The van der Waals surface area contributed by atoms with Crippen LogP contribution in [0.3, 0.4) is 0 Å². The normalized spacial score (nSPS) is 12.9. The van der Waals surface area contributed by atoms with Gasteiger partial charge in [0.15, 0.2) is 0 Å². The Morgan fingerprint density at radius 3 is 2.76 bits per heavy atom. The maximum Gasteiger partial charge on any atom is 0.125 e. The molecule has 0 aliphatic carbocycles. The van der Waals surface area contributed by atoms with E-state index in [1.54, 1.807) is 0 Å². The summed E-state index contributed by atoms with van der Waals surface area (Å²) in [7, 11) is 2.04. The molecule has 4 heteroatoms. The second-order valence-corrected chi connectivity index (χ2v) is 5.46. The van der Waals surface area contributed by atoms with Crippen molar-refractivity contribution in [3.8, 4) is 0 Å². The predicted molar refractivity (Wildman–Crippen MR) is 76.5 cm³/mol. The average molecular weight is 255 g/mol. The fourth-order valence-corrected chi connectivity index (χ4v) is 2.42. The van der Waals surface area contributed by atoms with Crippen molar-refractivity contribution in [2.24, 2.45) is 7.05 Å². The van der Waals surface area contributed by atoms with E-state index < -0.39 is 0 Å². The maximum absolute atomic E-state index is 4.35. The highest BCUT2D eigenvalue weighted by Crippen LogP contribution is 2.09. The topological polar surface area (TPSA) is 29.9 Å². The zero-order valence-electron chi connectivity index (χ0n) is 11.3. The van der Waals surface area contributed by atoms with Crippen LogP contribution in [0.4, 0.5) is 0 Å². The molecule has 0 aromatic carbocycles. The number of rotatable bonds is 9. The third-order valence-corrected chi connectivity index (χ3v) is 3.67. The summed E-state index contributed by atoms with van der Waals surface area (Å²) in [6.45, 7) is 3.27. The van der Waals surface area contributed by atoms with E-state index in [1.807, 2.05) is 31.2 Å². The summed E-state index contributed by atoms with van der Waals surface area (Å²) in [6.07, 6.45) is 11.3. The third kappa shape index (κ3) is 5.59. The van der Waals surface area contributed by atoms with Crippen LogP contribution in [0, 0.1) is 0 Å². The molecule has 3 nitrogen and oxygen atoms in total. The minimum Gasteiger partial charge on any atom is -0.337 e. The Balaban J connectivity index is 2.05. The van der Waals surface area contributed by atoms with E-state index in [9.17, 15) is 0 Å². The maximum atomic E-state index is 4.35. The number of unbranched alkanes of at least 4 members (excludes halogenated alkanes) is 3. The first kappa shape index (κ1) is 14.6. The van der Waals surface area contributed by atoms with E-state index >= 15 is 0 Å². The van der Waals surface area contributed by atoms with E-state index in [2.05, 4.69) is 28.0 Å². The van der Waals surface area contributed by atoms with Crippen LogP contribution in [0.1, 0.15) is 44.5 Å². The first-order valence-corrected chi connectivity index (χ1v) is 7.84. The molecule has 1 rings (SSSR count). The molecule has 0 fully saturated rings. The molecule has 0 aliphatic heterocycles. The van der Waals surface area contributed by atoms with Gasteiger partial charge in [-0.15, -0.1) is 0 Å². The lowest BCUT2D eigenvalue weighted by atomic mass is 10.2. The minimum atomic E-state index is 0.348. The first-order valence-electron chi connectivity index (χ1n) is 6.45. The Labute approximate surface area is 109 Å². The van der Waals surface area contributed by atoms with Gasteiger partial charge in [0.2, 0.25) is 0 Å². The van der Waals surface area contributed by atoms with Gasteiger partial charge in [-0.2, -0.15) is 11.8 Å². The van der Waals surface area contributed by atoms with Gasteiger partial charge in [0.1, 0.15) is 5.82 Å². The van der Waals surface area contributed by atoms with Crippen molar-refractivity contribution in [2.45, 2.75) is 38.6 Å². The Morgan fingerprint density at radius 2 is 2.12 bits per heavy atom. The highest BCUT2D eigenvalue weighted by atomic mass is 32.2. The molecule has 0 aliphatic rings. The van der Waals surface area contributed by atoms with E-state index in [0.29, 0.717) is 6.04 Å².